The van der Waals surface area contributed by atoms with Crippen LogP contribution in [0.4, 0.5) is 4.39 Å². The van der Waals surface area contributed by atoms with Gasteiger partial charge >= 0.3 is 0 Å². The number of halogens is 2. The average Bonchev–Trinajstić information content (AvgIpc) is 2.45. The van der Waals surface area contributed by atoms with Gasteiger partial charge < -0.3 is 5.32 Å². The molecule has 1 atom stereocenters. The zero-order valence-corrected chi connectivity index (χ0v) is 14.2. The molecule has 0 aliphatic heterocycles. The molecule has 1 N–H and O–H groups in total. The van der Waals surface area contributed by atoms with Crippen molar-refractivity contribution in [3.63, 3.8) is 0 Å². The Morgan fingerprint density at radius 2 is 1.67 bits per heavy atom. The Morgan fingerprint density at radius 1 is 1.05 bits per heavy atom. The molecule has 0 saturated carbocycles. The molecule has 3 heteroatoms. The van der Waals surface area contributed by atoms with Crippen molar-refractivity contribution in [1.82, 2.24) is 5.32 Å². The normalized spacial score (nSPS) is 12.6. The Morgan fingerprint density at radius 3 is 2.29 bits per heavy atom. The molecule has 0 radical (unpaired) electrons. The van der Waals surface area contributed by atoms with E-state index in [9.17, 15) is 4.39 Å². The van der Waals surface area contributed by atoms with Crippen molar-refractivity contribution < 1.29 is 4.39 Å². The predicted octanol–water partition coefficient (Wildman–Crippen LogP) is 6.27. The van der Waals surface area contributed by atoms with Gasteiger partial charge in [0.05, 0.1) is 0 Å². The van der Waals surface area contributed by atoms with E-state index in [1.165, 1.54) is 63.5 Å². The molecule has 1 unspecified atom stereocenters. The lowest BCUT2D eigenvalue weighted by molar-refractivity contribution is 0.521. The van der Waals surface area contributed by atoms with Crippen LogP contribution in [0.15, 0.2) is 18.2 Å². The molecule has 1 rings (SSSR count). The predicted molar refractivity (Wildman–Crippen MR) is 90.4 cm³/mol. The van der Waals surface area contributed by atoms with Gasteiger partial charge in [-0.2, -0.15) is 0 Å². The first kappa shape index (κ1) is 18.4. The molecular weight excluding hydrogens is 285 g/mol. The second-order valence-electron chi connectivity index (χ2n) is 5.82. The Labute approximate surface area is 134 Å². The van der Waals surface area contributed by atoms with E-state index in [-0.39, 0.29) is 11.9 Å². The molecule has 0 aliphatic rings. The zero-order valence-electron chi connectivity index (χ0n) is 13.4. The quantitative estimate of drug-likeness (QED) is 0.475. The lowest BCUT2D eigenvalue weighted by Gasteiger charge is -2.15. The van der Waals surface area contributed by atoms with E-state index in [4.69, 9.17) is 11.6 Å². The smallest absolute Gasteiger partial charge is 0.124 e. The molecule has 1 nitrogen and oxygen atoms in total. The Hall–Kier alpha value is -0.600. The highest BCUT2D eigenvalue weighted by Gasteiger charge is 2.09. The van der Waals surface area contributed by atoms with Gasteiger partial charge in [-0.25, -0.2) is 4.39 Å². The van der Waals surface area contributed by atoms with Crippen molar-refractivity contribution in [2.75, 3.05) is 6.54 Å². The molecule has 1 aromatic carbocycles. The molecule has 0 heterocycles. The fourth-order valence-electron chi connectivity index (χ4n) is 2.54. The van der Waals surface area contributed by atoms with Crippen LogP contribution in [0.2, 0.25) is 5.02 Å². The minimum absolute atomic E-state index is 0.169. The van der Waals surface area contributed by atoms with Gasteiger partial charge in [-0.1, -0.05) is 69.5 Å². The summed E-state index contributed by atoms with van der Waals surface area (Å²) in [7, 11) is 0. The molecule has 0 spiro atoms. The molecule has 0 bridgehead atoms. The number of rotatable bonds is 11. The molecule has 1 aromatic rings. The van der Waals surface area contributed by atoms with Gasteiger partial charge in [0.15, 0.2) is 0 Å². The summed E-state index contributed by atoms with van der Waals surface area (Å²) in [6.45, 7) is 5.31. The van der Waals surface area contributed by atoms with Crippen LogP contribution in [0.25, 0.3) is 0 Å². The number of hydrogen-bond acceptors (Lipinski definition) is 1. The Bertz CT molecular complexity index is 395. The summed E-state index contributed by atoms with van der Waals surface area (Å²) in [5.74, 6) is -0.279. The van der Waals surface area contributed by atoms with Gasteiger partial charge in [0.2, 0.25) is 0 Å². The lowest BCUT2D eigenvalue weighted by Crippen LogP contribution is -2.20. The van der Waals surface area contributed by atoms with Gasteiger partial charge in [-0.15, -0.1) is 0 Å². The average molecular weight is 314 g/mol. The molecule has 120 valence electrons. The van der Waals surface area contributed by atoms with Gasteiger partial charge in [-0.05, 0) is 37.6 Å². The minimum Gasteiger partial charge on any atom is -0.310 e. The maximum Gasteiger partial charge on any atom is 0.124 e. The molecule has 0 fully saturated rings. The second kappa shape index (κ2) is 11.0. The van der Waals surface area contributed by atoms with E-state index in [1.807, 2.05) is 0 Å². The SMILES string of the molecule is CCCCCCCCCCNC(C)c1ccc(F)cc1Cl. The molecule has 0 aromatic heterocycles. The van der Waals surface area contributed by atoms with E-state index in [0.29, 0.717) is 5.02 Å². The maximum atomic E-state index is 13.0. The summed E-state index contributed by atoms with van der Waals surface area (Å²) in [5.41, 5.74) is 0.970. The highest BCUT2D eigenvalue weighted by atomic mass is 35.5. The van der Waals surface area contributed by atoms with Crippen molar-refractivity contribution in [3.8, 4) is 0 Å². The number of unbranched alkanes of at least 4 members (excludes halogenated alkanes) is 7. The molecule has 21 heavy (non-hydrogen) atoms. The first-order valence-electron chi connectivity index (χ1n) is 8.33. The highest BCUT2D eigenvalue weighted by molar-refractivity contribution is 6.31. The summed E-state index contributed by atoms with van der Waals surface area (Å²) >= 11 is 6.07. The van der Waals surface area contributed by atoms with E-state index in [0.717, 1.165) is 12.1 Å². The summed E-state index contributed by atoms with van der Waals surface area (Å²) in [5, 5.41) is 3.97. The first-order valence-corrected chi connectivity index (χ1v) is 8.71. The van der Waals surface area contributed by atoms with Crippen LogP contribution in [0, 0.1) is 5.82 Å². The van der Waals surface area contributed by atoms with Gasteiger partial charge in [0.25, 0.3) is 0 Å². The minimum atomic E-state index is -0.279. The van der Waals surface area contributed by atoms with Crippen LogP contribution in [-0.2, 0) is 0 Å². The van der Waals surface area contributed by atoms with Crippen molar-refractivity contribution in [2.24, 2.45) is 0 Å². The summed E-state index contributed by atoms with van der Waals surface area (Å²) in [4.78, 5) is 0. The Kier molecular flexibility index (Phi) is 9.69. The van der Waals surface area contributed by atoms with Crippen LogP contribution < -0.4 is 5.32 Å². The summed E-state index contributed by atoms with van der Waals surface area (Å²) in [6, 6.07) is 4.78. The number of hydrogen-bond donors (Lipinski definition) is 1. The lowest BCUT2D eigenvalue weighted by atomic mass is 10.1. The fourth-order valence-corrected chi connectivity index (χ4v) is 2.87. The zero-order chi connectivity index (χ0) is 15.5. The van der Waals surface area contributed by atoms with Crippen LogP contribution >= 0.6 is 11.6 Å². The second-order valence-corrected chi connectivity index (χ2v) is 6.22. The van der Waals surface area contributed by atoms with Gasteiger partial charge in [0, 0.05) is 11.1 Å². The summed E-state index contributed by atoms with van der Waals surface area (Å²) in [6.07, 6.45) is 10.6. The topological polar surface area (TPSA) is 12.0 Å². The molecule has 0 amide bonds. The molecule has 0 aliphatic carbocycles. The fraction of sp³-hybridized carbons (Fsp3) is 0.667. The van der Waals surface area contributed by atoms with E-state index >= 15 is 0 Å². The van der Waals surface area contributed by atoms with Gasteiger partial charge in [-0.3, -0.25) is 0 Å². The highest BCUT2D eigenvalue weighted by Crippen LogP contribution is 2.23. The monoisotopic (exact) mass is 313 g/mol. The number of nitrogens with one attached hydrogen (secondary N) is 1. The van der Waals surface area contributed by atoms with Crippen LogP contribution in [0.5, 0.6) is 0 Å². The third-order valence-corrected chi connectivity index (χ3v) is 4.24. The van der Waals surface area contributed by atoms with E-state index in [1.54, 1.807) is 6.07 Å². The third-order valence-electron chi connectivity index (χ3n) is 3.91. The van der Waals surface area contributed by atoms with Crippen molar-refractivity contribution >= 4 is 11.6 Å². The Balaban J connectivity index is 2.09. The van der Waals surface area contributed by atoms with E-state index < -0.39 is 0 Å². The van der Waals surface area contributed by atoms with Crippen LogP contribution in [-0.4, -0.2) is 6.54 Å². The third kappa shape index (κ3) is 7.82. The van der Waals surface area contributed by atoms with Crippen molar-refractivity contribution in [3.05, 3.63) is 34.6 Å². The number of benzene rings is 1. The molecular formula is C18H29ClFN. The maximum absolute atomic E-state index is 13.0. The van der Waals surface area contributed by atoms with E-state index in [2.05, 4.69) is 19.2 Å². The first-order chi connectivity index (χ1) is 10.1. The largest absolute Gasteiger partial charge is 0.310 e. The van der Waals surface area contributed by atoms with Gasteiger partial charge in [0.1, 0.15) is 5.82 Å². The van der Waals surface area contributed by atoms with Crippen LogP contribution in [0.1, 0.15) is 76.8 Å². The standard InChI is InChI=1S/C18H29ClFN/c1-3-4-5-6-7-8-9-10-13-21-15(2)17-12-11-16(20)14-18(17)19/h11-12,14-15,21H,3-10,13H2,1-2H3. The van der Waals surface area contributed by atoms with Crippen molar-refractivity contribution in [2.45, 2.75) is 71.3 Å². The summed E-state index contributed by atoms with van der Waals surface area (Å²) < 4.78 is 13.0. The molecule has 0 saturated heterocycles. The van der Waals surface area contributed by atoms with Crippen LogP contribution in [0.3, 0.4) is 0 Å². The van der Waals surface area contributed by atoms with Crippen molar-refractivity contribution in [1.29, 1.82) is 0 Å².